The highest BCUT2D eigenvalue weighted by molar-refractivity contribution is 7.09. The van der Waals surface area contributed by atoms with Crippen LogP contribution in [0.4, 0.5) is 4.79 Å². The Morgan fingerprint density at radius 1 is 0.926 bits per heavy atom. The van der Waals surface area contributed by atoms with Crippen molar-refractivity contribution in [3.63, 3.8) is 0 Å². The highest BCUT2D eigenvalue weighted by Gasteiger charge is 2.27. The van der Waals surface area contributed by atoms with Crippen LogP contribution in [0.15, 0.2) is 90.2 Å². The van der Waals surface area contributed by atoms with E-state index in [0.29, 0.717) is 64.0 Å². The van der Waals surface area contributed by atoms with Crippen LogP contribution >= 0.6 is 22.7 Å². The normalized spacial score (nSPS) is 14.9. The maximum Gasteiger partial charge on any atom is 0.318 e. The van der Waals surface area contributed by atoms with Gasteiger partial charge in [-0.2, -0.15) is 0 Å². The maximum atomic E-state index is 14.3. The van der Waals surface area contributed by atoms with Crippen LogP contribution in [-0.4, -0.2) is 89.7 Å². The zero-order chi connectivity index (χ0) is 38.1. The number of hydrogen-bond acceptors (Lipinski definition) is 10. The molecular formula is C41H55N7O4S2. The summed E-state index contributed by atoms with van der Waals surface area (Å²) in [7, 11) is 1.74. The van der Waals surface area contributed by atoms with Crippen LogP contribution in [0.5, 0.6) is 0 Å². The van der Waals surface area contributed by atoms with Crippen LogP contribution in [0.1, 0.15) is 65.7 Å². The van der Waals surface area contributed by atoms with E-state index in [1.165, 1.54) is 5.56 Å². The number of thiazole rings is 2. The summed E-state index contributed by atoms with van der Waals surface area (Å²) in [4.78, 5) is 41.6. The molecule has 4 aromatic rings. The largest absolute Gasteiger partial charge is 0.474 e. The average molecular weight is 774 g/mol. The van der Waals surface area contributed by atoms with Gasteiger partial charge in [0, 0.05) is 56.3 Å². The Balaban J connectivity index is 1.28. The fourth-order valence-electron chi connectivity index (χ4n) is 6.33. The van der Waals surface area contributed by atoms with Crippen molar-refractivity contribution in [3.05, 3.63) is 117 Å². The standard InChI is InChI=1S/C41H55N7O4S2/c1-30(2)40-45-36(28-53-40)26-47(4)41(50)46-38(17-18-48-19-21-51-22-20-48)39(49)44-35(24-33-13-9-6-10-14-33)16-15-34(23-32-11-7-5-8-12-32)43-31(3)52-27-37-25-42-29-54-37/h5-14,25,28-30,34-35,38,43H,3,15-24,26-27H2,1-2,4H3,(H,44,49)(H,46,50)/t34-,35-,38+/m1/s1. The van der Waals surface area contributed by atoms with Crippen LogP contribution in [0, 0.1) is 0 Å². The smallest absolute Gasteiger partial charge is 0.318 e. The molecule has 1 aliphatic heterocycles. The summed E-state index contributed by atoms with van der Waals surface area (Å²) < 4.78 is 11.5. The van der Waals surface area contributed by atoms with Crippen molar-refractivity contribution < 1.29 is 19.1 Å². The fourth-order valence-corrected chi connectivity index (χ4v) is 7.66. The van der Waals surface area contributed by atoms with Gasteiger partial charge in [0.15, 0.2) is 5.88 Å². The predicted molar refractivity (Wildman–Crippen MR) is 216 cm³/mol. The van der Waals surface area contributed by atoms with Gasteiger partial charge in [-0.1, -0.05) is 74.5 Å². The molecule has 3 N–H and O–H groups in total. The van der Waals surface area contributed by atoms with E-state index in [1.54, 1.807) is 46.3 Å². The number of rotatable bonds is 21. The number of nitrogens with one attached hydrogen (secondary N) is 3. The molecule has 0 unspecified atom stereocenters. The molecule has 1 aliphatic rings. The third-order valence-corrected chi connectivity index (χ3v) is 11.3. The number of carbonyl (C=O) groups excluding carboxylic acids is 2. The van der Waals surface area contributed by atoms with Crippen LogP contribution in [0.3, 0.4) is 0 Å². The lowest BCUT2D eigenvalue weighted by molar-refractivity contribution is -0.124. The first-order chi connectivity index (χ1) is 26.2. The number of ether oxygens (including phenoxy) is 2. The number of nitrogens with zero attached hydrogens (tertiary/aromatic N) is 4. The fraction of sp³-hybridized carbons (Fsp3) is 0.463. The van der Waals surface area contributed by atoms with Gasteiger partial charge in [-0.3, -0.25) is 14.7 Å². The van der Waals surface area contributed by atoms with E-state index in [1.807, 2.05) is 41.8 Å². The average Bonchev–Trinajstić information content (AvgIpc) is 3.89. The van der Waals surface area contributed by atoms with Crippen LogP contribution in [0.2, 0.25) is 0 Å². The summed E-state index contributed by atoms with van der Waals surface area (Å²) in [6, 6.07) is 19.3. The molecule has 2 aromatic carbocycles. The number of morpholine rings is 1. The first kappa shape index (κ1) is 40.9. The highest BCUT2D eigenvalue weighted by Crippen LogP contribution is 2.20. The number of hydrogen-bond donors (Lipinski definition) is 3. The molecule has 3 heterocycles. The molecule has 0 saturated carbocycles. The zero-order valence-corrected chi connectivity index (χ0v) is 33.4. The number of benzene rings is 2. The molecule has 54 heavy (non-hydrogen) atoms. The van der Waals surface area contributed by atoms with E-state index in [0.717, 1.165) is 47.1 Å². The molecule has 3 amide bonds. The Morgan fingerprint density at radius 3 is 2.17 bits per heavy atom. The molecular weight excluding hydrogens is 719 g/mol. The molecule has 11 nitrogen and oxygen atoms in total. The van der Waals surface area contributed by atoms with Crippen LogP contribution < -0.4 is 16.0 Å². The summed E-state index contributed by atoms with van der Waals surface area (Å²) in [5.41, 5.74) is 4.96. The second kappa shape index (κ2) is 21.6. The summed E-state index contributed by atoms with van der Waals surface area (Å²) in [6.45, 7) is 12.7. The molecule has 2 aromatic heterocycles. The molecule has 0 aliphatic carbocycles. The SMILES string of the molecule is C=C(N[C@H](CC[C@H](Cc1ccccc1)NC(=O)[C@H](CCN1CCOCC1)NC(=O)N(C)Cc1csc(C(C)C)n1)Cc1ccccc1)OCc1cncs1. The lowest BCUT2D eigenvalue weighted by Crippen LogP contribution is -2.54. The van der Waals surface area contributed by atoms with Gasteiger partial charge in [0.2, 0.25) is 5.91 Å². The molecule has 0 bridgehead atoms. The summed E-state index contributed by atoms with van der Waals surface area (Å²) in [5.74, 6) is 0.637. The van der Waals surface area contributed by atoms with Crippen LogP contribution in [0.25, 0.3) is 0 Å². The zero-order valence-electron chi connectivity index (χ0n) is 31.7. The first-order valence-corrected chi connectivity index (χ1v) is 20.6. The summed E-state index contributed by atoms with van der Waals surface area (Å²) in [6.07, 6.45) is 5.13. The van der Waals surface area contributed by atoms with E-state index < -0.39 is 6.04 Å². The minimum absolute atomic E-state index is 0.00364. The summed E-state index contributed by atoms with van der Waals surface area (Å²) in [5, 5.41) is 13.0. The second-order valence-electron chi connectivity index (χ2n) is 14.1. The monoisotopic (exact) mass is 773 g/mol. The van der Waals surface area contributed by atoms with Crippen molar-refractivity contribution in [2.75, 3.05) is 39.9 Å². The van der Waals surface area contributed by atoms with Crippen molar-refractivity contribution in [1.82, 2.24) is 35.7 Å². The molecule has 0 spiro atoms. The molecule has 0 radical (unpaired) electrons. The Labute approximate surface area is 328 Å². The van der Waals surface area contributed by atoms with E-state index in [9.17, 15) is 9.59 Å². The van der Waals surface area contributed by atoms with Crippen molar-refractivity contribution in [1.29, 1.82) is 0 Å². The molecule has 1 saturated heterocycles. The van der Waals surface area contributed by atoms with Crippen LogP contribution in [-0.2, 0) is 40.3 Å². The molecule has 5 rings (SSSR count). The molecule has 1 fully saturated rings. The number of aromatic nitrogens is 2. The lowest BCUT2D eigenvalue weighted by Gasteiger charge is -2.30. The van der Waals surface area contributed by atoms with Gasteiger partial charge in [-0.25, -0.2) is 9.78 Å². The third-order valence-electron chi connectivity index (χ3n) is 9.36. The van der Waals surface area contributed by atoms with Crippen molar-refractivity contribution in [3.8, 4) is 0 Å². The quantitative estimate of drug-likeness (QED) is 0.0839. The first-order valence-electron chi connectivity index (χ1n) is 18.8. The number of carbonyl (C=O) groups is 2. The van der Waals surface area contributed by atoms with Crippen molar-refractivity contribution >= 4 is 34.6 Å². The van der Waals surface area contributed by atoms with Gasteiger partial charge >= 0.3 is 6.03 Å². The van der Waals surface area contributed by atoms with Crippen molar-refractivity contribution in [2.45, 2.75) is 83.1 Å². The molecule has 13 heteroatoms. The number of amides is 3. The minimum atomic E-state index is -0.721. The third kappa shape index (κ3) is 13.8. The topological polar surface area (TPSA) is 121 Å². The Hall–Kier alpha value is -4.30. The predicted octanol–water partition coefficient (Wildman–Crippen LogP) is 6.35. The van der Waals surface area contributed by atoms with Gasteiger partial charge in [0.1, 0.15) is 12.6 Å². The Morgan fingerprint density at radius 2 is 1.57 bits per heavy atom. The van der Waals surface area contributed by atoms with Gasteiger partial charge in [-0.15, -0.1) is 22.7 Å². The van der Waals surface area contributed by atoms with Gasteiger partial charge < -0.3 is 30.3 Å². The van der Waals surface area contributed by atoms with E-state index in [2.05, 4.69) is 70.5 Å². The number of urea groups is 1. The van der Waals surface area contributed by atoms with E-state index in [-0.39, 0.29) is 24.0 Å². The van der Waals surface area contributed by atoms with E-state index >= 15 is 0 Å². The van der Waals surface area contributed by atoms with Gasteiger partial charge in [-0.05, 0) is 49.8 Å². The lowest BCUT2D eigenvalue weighted by atomic mass is 9.95. The molecule has 290 valence electrons. The van der Waals surface area contributed by atoms with E-state index in [4.69, 9.17) is 14.5 Å². The van der Waals surface area contributed by atoms with Gasteiger partial charge in [0.05, 0.1) is 40.8 Å². The molecule has 3 atom stereocenters. The second-order valence-corrected chi connectivity index (χ2v) is 16.0. The minimum Gasteiger partial charge on any atom is -0.474 e. The Kier molecular flexibility index (Phi) is 16.3. The van der Waals surface area contributed by atoms with Gasteiger partial charge in [0.25, 0.3) is 0 Å². The summed E-state index contributed by atoms with van der Waals surface area (Å²) >= 11 is 3.15. The highest BCUT2D eigenvalue weighted by atomic mass is 32.1. The Bertz CT molecular complexity index is 1700. The maximum absolute atomic E-state index is 14.3. The van der Waals surface area contributed by atoms with Crippen molar-refractivity contribution in [2.24, 2.45) is 0 Å².